The quantitative estimate of drug-likeness (QED) is 0.890. The lowest BCUT2D eigenvalue weighted by molar-refractivity contribution is -0.144. The van der Waals surface area contributed by atoms with Crippen LogP contribution in [0, 0.1) is 0 Å². The number of halogens is 3. The highest BCUT2D eigenvalue weighted by molar-refractivity contribution is 7.09. The lowest BCUT2D eigenvalue weighted by Crippen LogP contribution is -2.20. The summed E-state index contributed by atoms with van der Waals surface area (Å²) in [6.45, 7) is 0. The van der Waals surface area contributed by atoms with Gasteiger partial charge in [0.25, 0.3) is 0 Å². The molecule has 1 unspecified atom stereocenters. The Morgan fingerprint density at radius 2 is 2.25 bits per heavy atom. The second-order valence-corrected chi connectivity index (χ2v) is 4.54. The van der Waals surface area contributed by atoms with Crippen LogP contribution in [0.3, 0.4) is 0 Å². The molecule has 0 aliphatic carbocycles. The van der Waals surface area contributed by atoms with E-state index in [1.807, 2.05) is 0 Å². The maximum Gasteiger partial charge on any atom is 0.452 e. The van der Waals surface area contributed by atoms with E-state index < -0.39 is 24.0 Å². The molecule has 2 heterocycles. The number of anilines is 1. The fourth-order valence-corrected chi connectivity index (χ4v) is 2.01. The van der Waals surface area contributed by atoms with Crippen molar-refractivity contribution < 1.29 is 23.1 Å². The van der Waals surface area contributed by atoms with Gasteiger partial charge in [-0.25, -0.2) is 4.79 Å². The van der Waals surface area contributed by atoms with Crippen molar-refractivity contribution in [3.63, 3.8) is 0 Å². The summed E-state index contributed by atoms with van der Waals surface area (Å²) < 4.78 is 41.6. The third-order valence-electron chi connectivity index (χ3n) is 2.25. The minimum absolute atomic E-state index is 0.228. The van der Waals surface area contributed by atoms with Crippen LogP contribution in [0.15, 0.2) is 12.4 Å². The van der Waals surface area contributed by atoms with Crippen molar-refractivity contribution in [1.29, 1.82) is 0 Å². The van der Waals surface area contributed by atoms with Gasteiger partial charge in [-0.1, -0.05) is 0 Å². The lowest BCUT2D eigenvalue weighted by Gasteiger charge is -2.10. The molecule has 11 heteroatoms. The van der Waals surface area contributed by atoms with E-state index in [4.69, 9.17) is 5.11 Å². The summed E-state index contributed by atoms with van der Waals surface area (Å²) >= 11 is 0.441. The van der Waals surface area contributed by atoms with Crippen molar-refractivity contribution in [2.24, 2.45) is 7.05 Å². The van der Waals surface area contributed by atoms with Crippen molar-refractivity contribution in [3.8, 4) is 0 Å². The van der Waals surface area contributed by atoms with Gasteiger partial charge in [0.15, 0.2) is 6.04 Å². The van der Waals surface area contributed by atoms with Gasteiger partial charge in [-0.3, -0.25) is 4.68 Å². The minimum Gasteiger partial charge on any atom is -0.479 e. The number of aromatic nitrogens is 4. The first-order valence-corrected chi connectivity index (χ1v) is 5.93. The van der Waals surface area contributed by atoms with Gasteiger partial charge in [-0.05, 0) is 0 Å². The van der Waals surface area contributed by atoms with Crippen LogP contribution in [0.4, 0.5) is 18.3 Å². The highest BCUT2D eigenvalue weighted by Crippen LogP contribution is 2.30. The van der Waals surface area contributed by atoms with Gasteiger partial charge in [0.1, 0.15) is 0 Å². The molecule has 0 fully saturated rings. The largest absolute Gasteiger partial charge is 0.479 e. The molecule has 0 spiro atoms. The van der Waals surface area contributed by atoms with Gasteiger partial charge in [-0.2, -0.15) is 27.6 Å². The molecule has 108 valence electrons. The molecule has 0 saturated carbocycles. The number of nitrogens with one attached hydrogen (secondary N) is 1. The molecule has 0 amide bonds. The first kappa shape index (κ1) is 14.2. The van der Waals surface area contributed by atoms with Crippen LogP contribution in [0.25, 0.3) is 0 Å². The van der Waals surface area contributed by atoms with Gasteiger partial charge in [-0.15, -0.1) is 0 Å². The highest BCUT2D eigenvalue weighted by atomic mass is 32.1. The fraction of sp³-hybridized carbons (Fsp3) is 0.333. The zero-order valence-corrected chi connectivity index (χ0v) is 10.7. The van der Waals surface area contributed by atoms with E-state index in [2.05, 4.69) is 19.8 Å². The van der Waals surface area contributed by atoms with E-state index in [0.29, 0.717) is 17.1 Å². The Labute approximate surface area is 114 Å². The predicted molar refractivity (Wildman–Crippen MR) is 62.1 cm³/mol. The maximum absolute atomic E-state index is 12.3. The topological polar surface area (TPSA) is 92.9 Å². The SMILES string of the molecule is Cn1cc(C(Nc2nc(C(F)(F)F)ns2)C(=O)O)cn1. The molecule has 0 aromatic carbocycles. The Balaban J connectivity index is 2.21. The summed E-state index contributed by atoms with van der Waals surface area (Å²) in [5.74, 6) is -2.57. The normalized spacial score (nSPS) is 13.2. The second kappa shape index (κ2) is 5.07. The van der Waals surface area contributed by atoms with Gasteiger partial charge < -0.3 is 10.4 Å². The zero-order chi connectivity index (χ0) is 14.9. The first-order chi connectivity index (χ1) is 9.27. The lowest BCUT2D eigenvalue weighted by atomic mass is 10.2. The van der Waals surface area contributed by atoms with E-state index in [0.717, 1.165) is 0 Å². The Morgan fingerprint density at radius 3 is 2.70 bits per heavy atom. The third kappa shape index (κ3) is 3.04. The van der Waals surface area contributed by atoms with Crippen LogP contribution in [-0.4, -0.2) is 30.2 Å². The van der Waals surface area contributed by atoms with Crippen LogP contribution < -0.4 is 5.32 Å². The van der Waals surface area contributed by atoms with Gasteiger partial charge in [0, 0.05) is 30.3 Å². The van der Waals surface area contributed by atoms with Gasteiger partial charge >= 0.3 is 12.1 Å². The molecule has 0 radical (unpaired) electrons. The third-order valence-corrected chi connectivity index (χ3v) is 2.90. The Morgan fingerprint density at radius 1 is 1.55 bits per heavy atom. The monoisotopic (exact) mass is 307 g/mol. The van der Waals surface area contributed by atoms with Crippen molar-refractivity contribution >= 4 is 22.6 Å². The summed E-state index contributed by atoms with van der Waals surface area (Å²) in [6, 6.07) is -1.25. The number of hydrogen-bond donors (Lipinski definition) is 2. The zero-order valence-electron chi connectivity index (χ0n) is 9.92. The smallest absolute Gasteiger partial charge is 0.452 e. The number of carboxylic acids is 1. The van der Waals surface area contributed by atoms with E-state index in [9.17, 15) is 18.0 Å². The molecular formula is C9H8F3N5O2S. The van der Waals surface area contributed by atoms with Crippen LogP contribution in [0.2, 0.25) is 0 Å². The van der Waals surface area contributed by atoms with E-state index >= 15 is 0 Å². The predicted octanol–water partition coefficient (Wildman–Crippen LogP) is 1.53. The van der Waals surface area contributed by atoms with Crippen molar-refractivity contribution in [2.45, 2.75) is 12.2 Å². The van der Waals surface area contributed by atoms with E-state index in [-0.39, 0.29) is 5.13 Å². The maximum atomic E-state index is 12.3. The Hall–Kier alpha value is -2.17. The molecular weight excluding hydrogens is 299 g/mol. The first-order valence-electron chi connectivity index (χ1n) is 5.16. The molecule has 7 nitrogen and oxygen atoms in total. The van der Waals surface area contributed by atoms with Crippen LogP contribution in [0.1, 0.15) is 17.4 Å². The molecule has 0 saturated heterocycles. The molecule has 0 aliphatic heterocycles. The second-order valence-electron chi connectivity index (χ2n) is 3.78. The van der Waals surface area contributed by atoms with E-state index in [1.165, 1.54) is 17.1 Å². The average molecular weight is 307 g/mol. The number of aryl methyl sites for hydroxylation is 1. The highest BCUT2D eigenvalue weighted by Gasteiger charge is 2.36. The molecule has 1 atom stereocenters. The van der Waals surface area contributed by atoms with Gasteiger partial charge in [0.05, 0.1) is 6.20 Å². The Kier molecular flexibility index (Phi) is 3.61. The molecule has 2 rings (SSSR count). The summed E-state index contributed by atoms with van der Waals surface area (Å²) in [5, 5.41) is 15.1. The number of alkyl halides is 3. The Bertz CT molecular complexity index is 623. The van der Waals surface area contributed by atoms with Crippen LogP contribution >= 0.6 is 11.5 Å². The van der Waals surface area contributed by atoms with Crippen molar-refractivity contribution in [3.05, 3.63) is 23.8 Å². The number of carbonyl (C=O) groups is 1. The standard InChI is InChI=1S/C9H8F3N5O2S/c1-17-3-4(2-13-17)5(6(18)19)14-8-15-7(16-20-8)9(10,11)12/h2-3,5H,1H3,(H,18,19)(H,14,15,16). The van der Waals surface area contributed by atoms with Crippen molar-refractivity contribution in [1.82, 2.24) is 19.1 Å². The number of nitrogens with zero attached hydrogens (tertiary/aromatic N) is 4. The van der Waals surface area contributed by atoms with Crippen LogP contribution in [-0.2, 0) is 18.0 Å². The number of carboxylic acid groups (broad SMARTS) is 1. The van der Waals surface area contributed by atoms with E-state index in [1.54, 1.807) is 7.05 Å². The molecule has 2 N–H and O–H groups in total. The summed E-state index contributed by atoms with van der Waals surface area (Å²) in [5.41, 5.74) is 0.295. The van der Waals surface area contributed by atoms with Gasteiger partial charge in [0.2, 0.25) is 11.0 Å². The number of hydrogen-bond acceptors (Lipinski definition) is 6. The number of rotatable bonds is 4. The summed E-state index contributed by atoms with van der Waals surface area (Å²) in [4.78, 5) is 14.4. The molecule has 0 aliphatic rings. The summed E-state index contributed by atoms with van der Waals surface area (Å²) in [6.07, 6.45) is -1.92. The molecule has 2 aromatic heterocycles. The van der Waals surface area contributed by atoms with Crippen LogP contribution in [0.5, 0.6) is 0 Å². The fourth-order valence-electron chi connectivity index (χ4n) is 1.40. The number of aliphatic carboxylic acids is 1. The summed E-state index contributed by atoms with van der Waals surface area (Å²) in [7, 11) is 1.59. The minimum atomic E-state index is -4.66. The molecule has 0 bridgehead atoms. The average Bonchev–Trinajstić information content (AvgIpc) is 2.93. The van der Waals surface area contributed by atoms with Crippen molar-refractivity contribution in [2.75, 3.05) is 5.32 Å². The molecule has 2 aromatic rings. The molecule has 20 heavy (non-hydrogen) atoms.